The van der Waals surface area contributed by atoms with E-state index in [4.69, 9.17) is 9.47 Å². The van der Waals surface area contributed by atoms with Crippen molar-refractivity contribution >= 4 is 106 Å². The second kappa shape index (κ2) is 13.7. The Labute approximate surface area is 266 Å². The minimum atomic E-state index is -0.349. The molecule has 202 valence electrons. The fourth-order valence-corrected chi connectivity index (χ4v) is 12.3. The number of ether oxygens (including phenoxy) is 2. The Morgan fingerprint density at radius 2 is 0.875 bits per heavy atom. The van der Waals surface area contributed by atoms with Crippen molar-refractivity contribution in [1.82, 2.24) is 0 Å². The normalized spacial score (nSPS) is 18.0. The van der Waals surface area contributed by atoms with E-state index in [1.54, 1.807) is 118 Å². The van der Waals surface area contributed by atoms with Crippen LogP contribution in [0.15, 0.2) is 108 Å². The van der Waals surface area contributed by atoms with E-state index >= 15 is 0 Å². The summed E-state index contributed by atoms with van der Waals surface area (Å²) in [5, 5.41) is 12.4. The van der Waals surface area contributed by atoms with E-state index < -0.39 is 0 Å². The fourth-order valence-electron chi connectivity index (χ4n) is 3.52. The molecule has 40 heavy (non-hydrogen) atoms. The zero-order valence-corrected chi connectivity index (χ0v) is 26.9. The molecule has 6 rings (SSSR count). The van der Waals surface area contributed by atoms with E-state index in [9.17, 15) is 9.59 Å². The maximum Gasteiger partial charge on any atom is 0.338 e. The first-order valence-electron chi connectivity index (χ1n) is 11.7. The van der Waals surface area contributed by atoms with Gasteiger partial charge in [-0.15, -0.1) is 0 Å². The molecular weight excluding hydrogens is 657 g/mol. The van der Waals surface area contributed by atoms with Crippen molar-refractivity contribution in [3.8, 4) is 11.1 Å². The van der Waals surface area contributed by atoms with Crippen LogP contribution in [0.4, 0.5) is 0 Å². The van der Waals surface area contributed by atoms with Gasteiger partial charge in [0, 0.05) is 9.81 Å². The smallest absolute Gasteiger partial charge is 0.338 e. The molecule has 2 aromatic rings. The third-order valence-electron chi connectivity index (χ3n) is 5.45. The van der Waals surface area contributed by atoms with Gasteiger partial charge in [0.05, 0.1) is 28.1 Å². The number of carbonyl (C=O) groups excluding carboxylic acids is 2. The van der Waals surface area contributed by atoms with Crippen LogP contribution in [-0.2, 0) is 9.47 Å². The maximum atomic E-state index is 12.6. The highest BCUT2D eigenvalue weighted by atomic mass is 32.2. The number of benzene rings is 2. The minimum absolute atomic E-state index is 0.263. The van der Waals surface area contributed by atoms with E-state index in [2.05, 4.69) is 21.6 Å². The van der Waals surface area contributed by atoms with Crippen LogP contribution in [0.25, 0.3) is 11.1 Å². The third-order valence-corrected chi connectivity index (χ3v) is 15.5. The van der Waals surface area contributed by atoms with Crippen molar-refractivity contribution in [2.24, 2.45) is 0 Å². The van der Waals surface area contributed by atoms with E-state index in [1.807, 2.05) is 35.1 Å². The average molecular weight is 675 g/mol. The predicted molar refractivity (Wildman–Crippen MR) is 182 cm³/mol. The van der Waals surface area contributed by atoms with Crippen molar-refractivity contribution in [1.29, 1.82) is 0 Å². The molecule has 0 radical (unpaired) electrons. The lowest BCUT2D eigenvalue weighted by atomic mass is 10.0. The first-order valence-corrected chi connectivity index (χ1v) is 18.6. The molecule has 0 amide bonds. The Morgan fingerprint density at radius 3 is 1.25 bits per heavy atom. The summed E-state index contributed by atoms with van der Waals surface area (Å²) < 4.78 is 16.1. The highest BCUT2D eigenvalue weighted by molar-refractivity contribution is 8.34. The summed E-state index contributed by atoms with van der Waals surface area (Å²) in [6, 6.07) is 14.6. The topological polar surface area (TPSA) is 52.6 Å². The Hall–Kier alpha value is -1.38. The highest BCUT2D eigenvalue weighted by Crippen LogP contribution is 2.54. The quantitative estimate of drug-likeness (QED) is 0.263. The summed E-state index contributed by atoms with van der Waals surface area (Å²) in [5.41, 5.74) is 2.89. The van der Waals surface area contributed by atoms with Crippen molar-refractivity contribution < 1.29 is 19.1 Å². The lowest BCUT2D eigenvalue weighted by Crippen LogP contribution is -2.07. The van der Waals surface area contributed by atoms with Crippen LogP contribution < -0.4 is 0 Å². The van der Waals surface area contributed by atoms with Crippen LogP contribution >= 0.6 is 94.1 Å². The average Bonchev–Trinajstić information content (AvgIpc) is 3.82. The Kier molecular flexibility index (Phi) is 9.86. The molecule has 0 saturated heterocycles. The number of thioether (sulfide) groups is 8. The van der Waals surface area contributed by atoms with Gasteiger partial charge in [-0.05, 0) is 67.8 Å². The zero-order valence-electron chi connectivity index (χ0n) is 20.4. The summed E-state index contributed by atoms with van der Waals surface area (Å²) in [7, 11) is 0. The summed E-state index contributed by atoms with van der Waals surface area (Å²) in [6.45, 7) is 0.525. The van der Waals surface area contributed by atoms with E-state index in [1.165, 1.54) is 16.9 Å². The van der Waals surface area contributed by atoms with Gasteiger partial charge in [0.25, 0.3) is 0 Å². The van der Waals surface area contributed by atoms with Crippen molar-refractivity contribution in [2.75, 3.05) is 13.2 Å². The molecule has 0 N–H and O–H groups in total. The molecule has 0 atom stereocenters. The summed E-state index contributed by atoms with van der Waals surface area (Å²) in [5.74, 6) is -0.698. The van der Waals surface area contributed by atoms with E-state index in [-0.39, 0.29) is 25.2 Å². The standard InChI is InChI=1S/C28H18O4S8/c29-23(31-13-21-15-37-27(39-21)25-33-9-10-34-25)19-5-1-17(2-6-19)18-3-7-20(8-4-18)24(30)32-14-22-16-38-28(40-22)26-35-11-12-36-26/h1-12,15-16H,13-14H2. The zero-order chi connectivity index (χ0) is 27.3. The fraction of sp³-hybridized carbons (Fsp3) is 0.0714. The predicted octanol–water partition coefficient (Wildman–Crippen LogP) is 10.5. The van der Waals surface area contributed by atoms with Crippen LogP contribution in [0.1, 0.15) is 20.7 Å². The third kappa shape index (κ3) is 7.15. The minimum Gasteiger partial charge on any atom is -0.457 e. The van der Waals surface area contributed by atoms with Gasteiger partial charge >= 0.3 is 11.9 Å². The Balaban J connectivity index is 0.977. The van der Waals surface area contributed by atoms with Gasteiger partial charge in [0.1, 0.15) is 13.2 Å². The molecule has 0 aromatic heterocycles. The second-order valence-electron chi connectivity index (χ2n) is 8.08. The lowest BCUT2D eigenvalue weighted by Gasteiger charge is -2.08. The van der Waals surface area contributed by atoms with Crippen molar-refractivity contribution in [3.05, 3.63) is 119 Å². The maximum absolute atomic E-state index is 12.6. The molecule has 0 spiro atoms. The first-order chi connectivity index (χ1) is 19.6. The van der Waals surface area contributed by atoms with Crippen LogP contribution in [-0.4, -0.2) is 25.2 Å². The number of rotatable bonds is 7. The molecule has 0 aliphatic carbocycles. The Bertz CT molecular complexity index is 1380. The van der Waals surface area contributed by atoms with Crippen LogP contribution in [0.3, 0.4) is 0 Å². The van der Waals surface area contributed by atoms with Gasteiger partial charge in [-0.25, -0.2) is 9.59 Å². The molecule has 4 heterocycles. The van der Waals surface area contributed by atoms with Gasteiger partial charge in [0.15, 0.2) is 0 Å². The molecule has 2 aromatic carbocycles. The summed E-state index contributed by atoms with van der Waals surface area (Å²) in [4.78, 5) is 27.2. The molecule has 0 fully saturated rings. The number of hydrogen-bond acceptors (Lipinski definition) is 12. The van der Waals surface area contributed by atoms with E-state index in [0.717, 1.165) is 20.9 Å². The van der Waals surface area contributed by atoms with Crippen LogP contribution in [0, 0.1) is 0 Å². The molecule has 12 heteroatoms. The van der Waals surface area contributed by atoms with Crippen LogP contribution in [0.5, 0.6) is 0 Å². The van der Waals surface area contributed by atoms with Crippen molar-refractivity contribution in [3.63, 3.8) is 0 Å². The number of carbonyl (C=O) groups is 2. The van der Waals surface area contributed by atoms with E-state index in [0.29, 0.717) is 11.1 Å². The number of hydrogen-bond donors (Lipinski definition) is 0. The molecule has 4 aliphatic heterocycles. The molecule has 0 bridgehead atoms. The molecular formula is C28H18O4S8. The SMILES string of the molecule is O=C(OCC1=CSC(=C2SC=CS2)S1)c1ccc(-c2ccc(C(=O)OCC3=CSC(=C4SC=CS4)S3)cc2)cc1. The monoisotopic (exact) mass is 674 g/mol. The van der Waals surface area contributed by atoms with Gasteiger partial charge in [-0.2, -0.15) is 0 Å². The largest absolute Gasteiger partial charge is 0.457 e. The second-order valence-corrected chi connectivity index (χ2v) is 16.8. The van der Waals surface area contributed by atoms with Crippen LogP contribution in [0.2, 0.25) is 0 Å². The highest BCUT2D eigenvalue weighted by Gasteiger charge is 2.21. The first kappa shape index (κ1) is 28.7. The summed E-state index contributed by atoms with van der Waals surface area (Å²) in [6.07, 6.45) is 0. The van der Waals surface area contributed by atoms with Gasteiger partial charge < -0.3 is 9.47 Å². The van der Waals surface area contributed by atoms with Gasteiger partial charge in [-0.1, -0.05) is 118 Å². The van der Waals surface area contributed by atoms with Gasteiger partial charge in [0.2, 0.25) is 0 Å². The summed E-state index contributed by atoms with van der Waals surface area (Å²) >= 11 is 13.6. The Morgan fingerprint density at radius 1 is 0.500 bits per heavy atom. The van der Waals surface area contributed by atoms with Gasteiger partial charge in [-0.3, -0.25) is 0 Å². The molecule has 4 nitrogen and oxygen atoms in total. The van der Waals surface area contributed by atoms with Crippen molar-refractivity contribution in [2.45, 2.75) is 0 Å². The molecule has 0 saturated carbocycles. The molecule has 0 unspecified atom stereocenters. The lowest BCUT2D eigenvalue weighted by molar-refractivity contribution is 0.0537. The molecule has 4 aliphatic rings. The number of esters is 2.